The Morgan fingerprint density at radius 3 is 2.50 bits per heavy atom. The molecule has 104 valence electrons. The molecule has 1 atom stereocenters. The zero-order chi connectivity index (χ0) is 13.8. The second-order valence-corrected chi connectivity index (χ2v) is 5.29. The molecule has 0 saturated carbocycles. The third kappa shape index (κ3) is 3.62. The number of urea groups is 1. The normalized spacial score (nSPS) is 19.9. The first-order valence-corrected chi connectivity index (χ1v) is 6.72. The molecule has 1 saturated heterocycles. The highest BCUT2D eigenvalue weighted by Crippen LogP contribution is 2.22. The van der Waals surface area contributed by atoms with Crippen LogP contribution in [0.4, 0.5) is 4.79 Å². The second kappa shape index (κ2) is 6.07. The fourth-order valence-corrected chi connectivity index (χ4v) is 2.27. The summed E-state index contributed by atoms with van der Waals surface area (Å²) < 4.78 is 0. The van der Waals surface area contributed by atoms with Crippen LogP contribution in [0.15, 0.2) is 0 Å². The Bertz CT molecular complexity index is 313. The Hall–Kier alpha value is -1.26. The minimum absolute atomic E-state index is 0.0440. The van der Waals surface area contributed by atoms with Crippen LogP contribution in [0.1, 0.15) is 52.9 Å². The fourth-order valence-electron chi connectivity index (χ4n) is 2.27. The number of carbonyl (C=O) groups is 2. The highest BCUT2D eigenvalue weighted by molar-refractivity contribution is 5.77. The van der Waals surface area contributed by atoms with E-state index in [1.807, 2.05) is 20.8 Å². The van der Waals surface area contributed by atoms with E-state index in [2.05, 4.69) is 5.32 Å². The molecule has 1 rings (SSSR count). The Labute approximate surface area is 109 Å². The maximum absolute atomic E-state index is 12.2. The quantitative estimate of drug-likeness (QED) is 0.792. The lowest BCUT2D eigenvalue weighted by molar-refractivity contribution is -0.137. The summed E-state index contributed by atoms with van der Waals surface area (Å²) in [7, 11) is 0. The minimum Gasteiger partial charge on any atom is -0.481 e. The predicted octanol–water partition coefficient (Wildman–Crippen LogP) is 2.21. The van der Waals surface area contributed by atoms with Crippen molar-refractivity contribution in [1.29, 1.82) is 0 Å². The molecule has 2 amide bonds. The highest BCUT2D eigenvalue weighted by Gasteiger charge is 2.33. The van der Waals surface area contributed by atoms with Gasteiger partial charge in [-0.15, -0.1) is 0 Å². The van der Waals surface area contributed by atoms with Crippen LogP contribution in [-0.4, -0.2) is 40.1 Å². The van der Waals surface area contributed by atoms with Gasteiger partial charge in [0, 0.05) is 18.1 Å². The summed E-state index contributed by atoms with van der Waals surface area (Å²) >= 11 is 0. The van der Waals surface area contributed by atoms with Gasteiger partial charge in [-0.1, -0.05) is 13.8 Å². The molecule has 1 aliphatic heterocycles. The Kier molecular flexibility index (Phi) is 4.99. The average molecular weight is 256 g/mol. The number of nitrogens with one attached hydrogen (secondary N) is 1. The van der Waals surface area contributed by atoms with Crippen molar-refractivity contribution in [1.82, 2.24) is 10.2 Å². The van der Waals surface area contributed by atoms with E-state index in [1.165, 1.54) is 0 Å². The Morgan fingerprint density at radius 1 is 1.39 bits per heavy atom. The van der Waals surface area contributed by atoms with Crippen molar-refractivity contribution in [2.24, 2.45) is 0 Å². The first-order chi connectivity index (χ1) is 8.41. The molecule has 5 nitrogen and oxygen atoms in total. The molecule has 5 heteroatoms. The molecular formula is C13H24N2O3. The highest BCUT2D eigenvalue weighted by atomic mass is 16.4. The molecule has 0 bridgehead atoms. The van der Waals surface area contributed by atoms with E-state index in [0.717, 1.165) is 25.7 Å². The number of carboxylic acid groups (broad SMARTS) is 1. The zero-order valence-corrected chi connectivity index (χ0v) is 11.5. The molecule has 0 aromatic rings. The molecule has 18 heavy (non-hydrogen) atoms. The summed E-state index contributed by atoms with van der Waals surface area (Å²) in [5.74, 6) is -0.839. The van der Waals surface area contributed by atoms with Crippen molar-refractivity contribution in [3.8, 4) is 0 Å². The van der Waals surface area contributed by atoms with E-state index in [9.17, 15) is 9.59 Å². The maximum Gasteiger partial charge on any atom is 0.318 e. The lowest BCUT2D eigenvalue weighted by atomic mass is 9.96. The molecule has 0 aliphatic carbocycles. The van der Waals surface area contributed by atoms with Gasteiger partial charge in [0.2, 0.25) is 0 Å². The third-order valence-electron chi connectivity index (χ3n) is 4.02. The monoisotopic (exact) mass is 256 g/mol. The SMILES string of the molecule is CCC(C)(CC)NC(=O)N1CCCC1CC(=O)O. The first-order valence-electron chi connectivity index (χ1n) is 6.72. The maximum atomic E-state index is 12.2. The minimum atomic E-state index is -0.839. The smallest absolute Gasteiger partial charge is 0.318 e. The zero-order valence-electron chi connectivity index (χ0n) is 11.5. The topological polar surface area (TPSA) is 69.6 Å². The van der Waals surface area contributed by atoms with E-state index in [-0.39, 0.29) is 24.0 Å². The van der Waals surface area contributed by atoms with E-state index < -0.39 is 5.97 Å². The van der Waals surface area contributed by atoms with Gasteiger partial charge in [0.25, 0.3) is 0 Å². The van der Waals surface area contributed by atoms with E-state index in [1.54, 1.807) is 4.90 Å². The van der Waals surface area contributed by atoms with Crippen LogP contribution in [0.2, 0.25) is 0 Å². The van der Waals surface area contributed by atoms with Crippen molar-refractivity contribution in [3.05, 3.63) is 0 Å². The van der Waals surface area contributed by atoms with E-state index >= 15 is 0 Å². The Balaban J connectivity index is 2.62. The standard InChI is InChI=1S/C13H24N2O3/c1-4-13(3,5-2)14-12(18)15-8-6-7-10(15)9-11(16)17/h10H,4-9H2,1-3H3,(H,14,18)(H,16,17). The predicted molar refractivity (Wildman–Crippen MR) is 69.5 cm³/mol. The van der Waals surface area contributed by atoms with Crippen LogP contribution < -0.4 is 5.32 Å². The number of hydrogen-bond acceptors (Lipinski definition) is 2. The van der Waals surface area contributed by atoms with E-state index in [0.29, 0.717) is 6.54 Å². The summed E-state index contributed by atoms with van der Waals surface area (Å²) in [6.07, 6.45) is 3.46. The number of amides is 2. The van der Waals surface area contributed by atoms with Crippen molar-refractivity contribution in [3.63, 3.8) is 0 Å². The van der Waals surface area contributed by atoms with Gasteiger partial charge >= 0.3 is 12.0 Å². The van der Waals surface area contributed by atoms with Gasteiger partial charge in [-0.25, -0.2) is 4.79 Å². The Morgan fingerprint density at radius 2 is 2.00 bits per heavy atom. The van der Waals surface area contributed by atoms with Gasteiger partial charge in [0.1, 0.15) is 0 Å². The van der Waals surface area contributed by atoms with Gasteiger partial charge in [0.05, 0.1) is 6.42 Å². The average Bonchev–Trinajstić information content (AvgIpc) is 2.76. The molecule has 0 spiro atoms. The van der Waals surface area contributed by atoms with Crippen molar-refractivity contribution < 1.29 is 14.7 Å². The summed E-state index contributed by atoms with van der Waals surface area (Å²) in [5.41, 5.74) is -0.201. The summed E-state index contributed by atoms with van der Waals surface area (Å²) in [6, 6.07) is -0.273. The number of aliphatic carboxylic acids is 1. The van der Waals surface area contributed by atoms with Gasteiger partial charge in [-0.05, 0) is 32.6 Å². The van der Waals surface area contributed by atoms with Crippen LogP contribution in [0.25, 0.3) is 0 Å². The van der Waals surface area contributed by atoms with Crippen molar-refractivity contribution in [2.45, 2.75) is 64.5 Å². The largest absolute Gasteiger partial charge is 0.481 e. The molecule has 1 fully saturated rings. The lowest BCUT2D eigenvalue weighted by Crippen LogP contribution is -2.52. The molecule has 0 aromatic heterocycles. The van der Waals surface area contributed by atoms with Gasteiger partial charge in [0.15, 0.2) is 0 Å². The molecule has 1 heterocycles. The fraction of sp³-hybridized carbons (Fsp3) is 0.846. The number of likely N-dealkylation sites (tertiary alicyclic amines) is 1. The molecule has 0 aromatic carbocycles. The summed E-state index contributed by atoms with van der Waals surface area (Å²) in [6.45, 7) is 6.77. The van der Waals surface area contributed by atoms with Gasteiger partial charge in [-0.3, -0.25) is 4.79 Å². The number of carboxylic acids is 1. The second-order valence-electron chi connectivity index (χ2n) is 5.29. The number of carbonyl (C=O) groups excluding carboxylic acids is 1. The van der Waals surface area contributed by atoms with Crippen molar-refractivity contribution in [2.75, 3.05) is 6.54 Å². The molecular weight excluding hydrogens is 232 g/mol. The molecule has 1 unspecified atom stereocenters. The number of nitrogens with zero attached hydrogens (tertiary/aromatic N) is 1. The lowest BCUT2D eigenvalue weighted by Gasteiger charge is -2.32. The van der Waals surface area contributed by atoms with Gasteiger partial charge < -0.3 is 15.3 Å². The van der Waals surface area contributed by atoms with E-state index in [4.69, 9.17) is 5.11 Å². The molecule has 1 aliphatic rings. The summed E-state index contributed by atoms with van der Waals surface area (Å²) in [5, 5.41) is 11.9. The number of rotatable bonds is 5. The van der Waals surface area contributed by atoms with Crippen LogP contribution in [-0.2, 0) is 4.79 Å². The third-order valence-corrected chi connectivity index (χ3v) is 4.02. The number of hydrogen-bond donors (Lipinski definition) is 2. The molecule has 2 N–H and O–H groups in total. The van der Waals surface area contributed by atoms with Crippen LogP contribution in [0, 0.1) is 0 Å². The summed E-state index contributed by atoms with van der Waals surface area (Å²) in [4.78, 5) is 24.6. The molecule has 0 radical (unpaired) electrons. The van der Waals surface area contributed by atoms with Crippen LogP contribution in [0.5, 0.6) is 0 Å². The van der Waals surface area contributed by atoms with Crippen LogP contribution in [0.3, 0.4) is 0 Å². The van der Waals surface area contributed by atoms with Crippen LogP contribution >= 0.6 is 0 Å². The van der Waals surface area contributed by atoms with Gasteiger partial charge in [-0.2, -0.15) is 0 Å². The van der Waals surface area contributed by atoms with Crippen molar-refractivity contribution >= 4 is 12.0 Å². The first kappa shape index (κ1) is 14.8.